The molecular formula is C54H35NO. The number of benzene rings is 10. The summed E-state index contributed by atoms with van der Waals surface area (Å²) in [5.74, 6) is 0. The molecule has 11 rings (SSSR count). The molecule has 0 amide bonds. The highest BCUT2D eigenvalue weighted by atomic mass is 16.3. The smallest absolute Gasteiger partial charge is 0.136 e. The number of furan rings is 1. The van der Waals surface area contributed by atoms with E-state index in [1.807, 2.05) is 12.1 Å². The van der Waals surface area contributed by atoms with Gasteiger partial charge in [0.25, 0.3) is 0 Å². The van der Waals surface area contributed by atoms with Crippen molar-refractivity contribution in [2.45, 2.75) is 0 Å². The second kappa shape index (κ2) is 13.2. The fourth-order valence-electron chi connectivity index (χ4n) is 8.60. The highest BCUT2D eigenvalue weighted by Crippen LogP contribution is 2.42. The van der Waals surface area contributed by atoms with Crippen LogP contribution in [0.2, 0.25) is 0 Å². The fraction of sp³-hybridized carbons (Fsp3) is 0. The zero-order chi connectivity index (χ0) is 37.0. The number of hydrogen-bond donors (Lipinski definition) is 0. The third-order valence-electron chi connectivity index (χ3n) is 11.3. The normalized spacial score (nSPS) is 11.6. The first-order valence-corrected chi connectivity index (χ1v) is 19.2. The van der Waals surface area contributed by atoms with Gasteiger partial charge < -0.3 is 9.32 Å². The summed E-state index contributed by atoms with van der Waals surface area (Å²) in [6, 6.07) is 76.5. The minimum atomic E-state index is 0.903. The summed E-state index contributed by atoms with van der Waals surface area (Å²) in [7, 11) is 0. The molecule has 0 aliphatic rings. The Bertz CT molecular complexity index is 3220. The molecule has 10 aromatic carbocycles. The van der Waals surface area contributed by atoms with E-state index in [1.165, 1.54) is 54.6 Å². The van der Waals surface area contributed by atoms with Crippen molar-refractivity contribution in [1.29, 1.82) is 0 Å². The number of para-hydroxylation sites is 1. The average Bonchev–Trinajstić information content (AvgIpc) is 3.66. The SMILES string of the molecule is c1ccc2c(-c3ccc(N(c4ccc(-c5cc6ccccc6c6ccccc56)cc4)c4ccc(-c5cccc6oc7ccccc7c56)cc4)cc3)cccc2c1. The molecule has 0 radical (unpaired) electrons. The molecule has 0 unspecified atom stereocenters. The number of nitrogens with zero attached hydrogens (tertiary/aromatic N) is 1. The Kier molecular flexibility index (Phi) is 7.53. The Morgan fingerprint density at radius 2 is 0.750 bits per heavy atom. The first-order chi connectivity index (χ1) is 27.8. The van der Waals surface area contributed by atoms with Crippen LogP contribution in [0.4, 0.5) is 17.1 Å². The molecule has 2 nitrogen and oxygen atoms in total. The van der Waals surface area contributed by atoms with Gasteiger partial charge in [-0.1, -0.05) is 158 Å². The summed E-state index contributed by atoms with van der Waals surface area (Å²) in [5, 5.41) is 9.84. The number of hydrogen-bond acceptors (Lipinski definition) is 2. The Labute approximate surface area is 325 Å². The van der Waals surface area contributed by atoms with Crippen LogP contribution in [-0.2, 0) is 0 Å². The van der Waals surface area contributed by atoms with Gasteiger partial charge in [0.15, 0.2) is 0 Å². The van der Waals surface area contributed by atoms with Gasteiger partial charge in [-0.05, 0) is 120 Å². The molecule has 0 aliphatic heterocycles. The van der Waals surface area contributed by atoms with Gasteiger partial charge in [0.2, 0.25) is 0 Å². The van der Waals surface area contributed by atoms with Gasteiger partial charge in [0.1, 0.15) is 11.2 Å². The molecule has 11 aromatic rings. The zero-order valence-electron chi connectivity index (χ0n) is 30.6. The van der Waals surface area contributed by atoms with Gasteiger partial charge in [-0.15, -0.1) is 0 Å². The average molecular weight is 714 g/mol. The fourth-order valence-corrected chi connectivity index (χ4v) is 8.60. The van der Waals surface area contributed by atoms with Crippen LogP contribution in [-0.4, -0.2) is 0 Å². The summed E-state index contributed by atoms with van der Waals surface area (Å²) in [6.07, 6.45) is 0. The van der Waals surface area contributed by atoms with Gasteiger partial charge in [-0.25, -0.2) is 0 Å². The maximum Gasteiger partial charge on any atom is 0.136 e. The Hall–Kier alpha value is -7.42. The minimum absolute atomic E-state index is 0.903. The first-order valence-electron chi connectivity index (χ1n) is 19.2. The molecule has 56 heavy (non-hydrogen) atoms. The highest BCUT2D eigenvalue weighted by Gasteiger charge is 2.17. The maximum absolute atomic E-state index is 6.24. The molecule has 0 N–H and O–H groups in total. The van der Waals surface area contributed by atoms with Crippen LogP contribution in [0.25, 0.3) is 87.6 Å². The lowest BCUT2D eigenvalue weighted by molar-refractivity contribution is 0.669. The second-order valence-electron chi connectivity index (χ2n) is 14.5. The molecule has 0 saturated carbocycles. The van der Waals surface area contributed by atoms with Crippen molar-refractivity contribution in [3.8, 4) is 33.4 Å². The van der Waals surface area contributed by atoms with Gasteiger partial charge in [0, 0.05) is 27.8 Å². The van der Waals surface area contributed by atoms with E-state index in [1.54, 1.807) is 0 Å². The summed E-state index contributed by atoms with van der Waals surface area (Å²) < 4.78 is 6.24. The van der Waals surface area contributed by atoms with E-state index in [2.05, 4.69) is 205 Å². The van der Waals surface area contributed by atoms with E-state index in [9.17, 15) is 0 Å². The van der Waals surface area contributed by atoms with Crippen molar-refractivity contribution in [2.75, 3.05) is 4.90 Å². The molecule has 0 bridgehead atoms. The summed E-state index contributed by atoms with van der Waals surface area (Å²) in [6.45, 7) is 0. The third-order valence-corrected chi connectivity index (χ3v) is 11.3. The van der Waals surface area contributed by atoms with E-state index < -0.39 is 0 Å². The van der Waals surface area contributed by atoms with Crippen molar-refractivity contribution in [1.82, 2.24) is 0 Å². The molecule has 2 heteroatoms. The molecule has 262 valence electrons. The third kappa shape index (κ3) is 5.34. The lowest BCUT2D eigenvalue weighted by Gasteiger charge is -2.26. The minimum Gasteiger partial charge on any atom is -0.456 e. The Morgan fingerprint density at radius 3 is 1.45 bits per heavy atom. The van der Waals surface area contributed by atoms with Gasteiger partial charge in [-0.3, -0.25) is 0 Å². The van der Waals surface area contributed by atoms with Crippen molar-refractivity contribution in [2.24, 2.45) is 0 Å². The van der Waals surface area contributed by atoms with Gasteiger partial charge >= 0.3 is 0 Å². The molecule has 0 aliphatic carbocycles. The predicted molar refractivity (Wildman–Crippen MR) is 237 cm³/mol. The molecule has 0 atom stereocenters. The molecule has 0 spiro atoms. The van der Waals surface area contributed by atoms with Crippen molar-refractivity contribution < 1.29 is 4.42 Å². The molecular weight excluding hydrogens is 679 g/mol. The van der Waals surface area contributed by atoms with Crippen LogP contribution in [0.5, 0.6) is 0 Å². The van der Waals surface area contributed by atoms with E-state index in [0.717, 1.165) is 50.1 Å². The molecule has 0 saturated heterocycles. The second-order valence-corrected chi connectivity index (χ2v) is 14.5. The maximum atomic E-state index is 6.24. The van der Waals surface area contributed by atoms with Crippen molar-refractivity contribution in [3.05, 3.63) is 212 Å². The number of anilines is 3. The lowest BCUT2D eigenvalue weighted by atomic mass is 9.93. The van der Waals surface area contributed by atoms with E-state index >= 15 is 0 Å². The zero-order valence-corrected chi connectivity index (χ0v) is 30.6. The largest absolute Gasteiger partial charge is 0.456 e. The Morgan fingerprint density at radius 1 is 0.286 bits per heavy atom. The van der Waals surface area contributed by atoms with Gasteiger partial charge in [0.05, 0.1) is 0 Å². The Balaban J connectivity index is 1.02. The van der Waals surface area contributed by atoms with Crippen molar-refractivity contribution in [3.63, 3.8) is 0 Å². The quantitative estimate of drug-likeness (QED) is 0.160. The molecule has 1 heterocycles. The highest BCUT2D eigenvalue weighted by molar-refractivity contribution is 6.14. The van der Waals surface area contributed by atoms with Crippen LogP contribution in [0.15, 0.2) is 217 Å². The monoisotopic (exact) mass is 713 g/mol. The summed E-state index contributed by atoms with van der Waals surface area (Å²) in [4.78, 5) is 2.35. The number of fused-ring (bicyclic) bond motifs is 7. The van der Waals surface area contributed by atoms with Crippen LogP contribution < -0.4 is 4.90 Å². The van der Waals surface area contributed by atoms with Crippen LogP contribution in [0.1, 0.15) is 0 Å². The van der Waals surface area contributed by atoms with E-state index in [-0.39, 0.29) is 0 Å². The molecule has 0 fully saturated rings. The number of rotatable bonds is 6. The first kappa shape index (κ1) is 32.0. The standard InChI is InChI=1S/C54H35NO/c1-3-14-44-36(11-1)13-9-19-45(44)37-23-29-41(30-24-37)55(42-31-25-38(26-32-42)47-20-10-22-53-54(47)50-18-7-8-21-52(50)56-53)43-33-27-39(28-34-43)51-35-40-12-2-4-15-46(40)48-16-5-6-17-49(48)51/h1-35H. The van der Waals surface area contributed by atoms with Crippen LogP contribution in [0.3, 0.4) is 0 Å². The van der Waals surface area contributed by atoms with Crippen molar-refractivity contribution >= 4 is 71.3 Å². The van der Waals surface area contributed by atoms with Crippen LogP contribution in [0, 0.1) is 0 Å². The predicted octanol–water partition coefficient (Wildman–Crippen LogP) is 15.5. The lowest BCUT2D eigenvalue weighted by Crippen LogP contribution is -2.09. The topological polar surface area (TPSA) is 16.4 Å². The summed E-state index contributed by atoms with van der Waals surface area (Å²) >= 11 is 0. The van der Waals surface area contributed by atoms with Crippen LogP contribution >= 0.6 is 0 Å². The van der Waals surface area contributed by atoms with E-state index in [4.69, 9.17) is 4.42 Å². The van der Waals surface area contributed by atoms with Gasteiger partial charge in [-0.2, -0.15) is 0 Å². The van der Waals surface area contributed by atoms with E-state index in [0.29, 0.717) is 0 Å². The molecule has 1 aromatic heterocycles. The summed E-state index contributed by atoms with van der Waals surface area (Å²) in [5.41, 5.74) is 12.2.